The van der Waals surface area contributed by atoms with Crippen molar-refractivity contribution in [3.05, 3.63) is 35.4 Å². The van der Waals surface area contributed by atoms with E-state index >= 15 is 0 Å². The van der Waals surface area contributed by atoms with Crippen molar-refractivity contribution in [1.82, 2.24) is 0 Å². The van der Waals surface area contributed by atoms with Crippen molar-refractivity contribution in [3.8, 4) is 0 Å². The summed E-state index contributed by atoms with van der Waals surface area (Å²) in [5.41, 5.74) is 6.18. The highest BCUT2D eigenvalue weighted by molar-refractivity contribution is 5.96. The first-order valence-electron chi connectivity index (χ1n) is 3.98. The number of amidine groups is 1. The van der Waals surface area contributed by atoms with E-state index in [-0.39, 0.29) is 5.84 Å². The summed E-state index contributed by atoms with van der Waals surface area (Å²) in [6.45, 7) is 1.26. The van der Waals surface area contributed by atoms with Crippen molar-refractivity contribution in [2.24, 2.45) is 10.9 Å². The highest BCUT2D eigenvalue weighted by Gasteiger charge is 2.17. The Bertz CT molecular complexity index is 338. The number of aliphatic hydroxyl groups is 2. The van der Waals surface area contributed by atoms with Crippen molar-refractivity contribution in [2.45, 2.75) is 12.7 Å². The first kappa shape index (κ1) is 10.5. The Kier molecular flexibility index (Phi) is 2.73. The van der Waals surface area contributed by atoms with E-state index in [0.29, 0.717) is 11.1 Å². The molecule has 0 fully saturated rings. The van der Waals surface area contributed by atoms with E-state index in [4.69, 9.17) is 10.9 Å². The zero-order chi connectivity index (χ0) is 10.8. The lowest BCUT2D eigenvalue weighted by Crippen LogP contribution is -2.20. The third-order valence-corrected chi connectivity index (χ3v) is 1.84. The summed E-state index contributed by atoms with van der Waals surface area (Å²) < 4.78 is 0. The van der Waals surface area contributed by atoms with E-state index in [1.807, 2.05) is 0 Å². The Hall–Kier alpha value is -1.59. The molecule has 5 heteroatoms. The van der Waals surface area contributed by atoms with Crippen LogP contribution in [0.4, 0.5) is 0 Å². The Balaban J connectivity index is 3.01. The number of hydrogen-bond donors (Lipinski definition) is 4. The van der Waals surface area contributed by atoms with Gasteiger partial charge >= 0.3 is 0 Å². The molecule has 76 valence electrons. The molecule has 0 heterocycles. The number of oxime groups is 1. The van der Waals surface area contributed by atoms with Crippen molar-refractivity contribution in [3.63, 3.8) is 0 Å². The molecule has 0 spiro atoms. The average Bonchev–Trinajstić information content (AvgIpc) is 2.15. The van der Waals surface area contributed by atoms with Crippen LogP contribution in [-0.2, 0) is 5.79 Å². The number of rotatable bonds is 2. The Morgan fingerprint density at radius 3 is 2.14 bits per heavy atom. The van der Waals surface area contributed by atoms with Gasteiger partial charge in [-0.05, 0) is 6.92 Å². The van der Waals surface area contributed by atoms with Crippen LogP contribution in [0.2, 0.25) is 0 Å². The maximum Gasteiger partial charge on any atom is 0.186 e. The molecule has 1 aromatic carbocycles. The molecule has 0 radical (unpaired) electrons. The van der Waals surface area contributed by atoms with Crippen LogP contribution in [0.1, 0.15) is 18.1 Å². The molecule has 0 amide bonds. The lowest BCUT2D eigenvalue weighted by molar-refractivity contribution is -0.152. The second kappa shape index (κ2) is 3.65. The Morgan fingerprint density at radius 1 is 1.29 bits per heavy atom. The second-order valence-electron chi connectivity index (χ2n) is 3.08. The third kappa shape index (κ3) is 2.21. The summed E-state index contributed by atoms with van der Waals surface area (Å²) in [6, 6.07) is 6.06. The van der Waals surface area contributed by atoms with E-state index < -0.39 is 5.79 Å². The average molecular weight is 196 g/mol. The fourth-order valence-electron chi connectivity index (χ4n) is 1.01. The quantitative estimate of drug-likeness (QED) is 0.175. The standard InChI is InChI=1S/C9H12N2O3/c1-9(12,13)7-4-2-6(3-5-7)8(10)11-14/h2-5,12-14H,1H3,(H2,10,11). The maximum atomic E-state index is 9.22. The molecule has 14 heavy (non-hydrogen) atoms. The number of benzene rings is 1. The van der Waals surface area contributed by atoms with Gasteiger partial charge < -0.3 is 21.2 Å². The molecule has 0 bridgehead atoms. The first-order valence-corrected chi connectivity index (χ1v) is 3.98. The predicted molar refractivity (Wildman–Crippen MR) is 50.7 cm³/mol. The van der Waals surface area contributed by atoms with Crippen LogP contribution in [0, 0.1) is 0 Å². The molecule has 0 atom stereocenters. The van der Waals surface area contributed by atoms with Crippen LogP contribution < -0.4 is 5.73 Å². The van der Waals surface area contributed by atoms with Crippen LogP contribution in [-0.4, -0.2) is 21.3 Å². The molecule has 0 saturated carbocycles. The summed E-state index contributed by atoms with van der Waals surface area (Å²) in [6.07, 6.45) is 0. The number of nitrogens with two attached hydrogens (primary N) is 1. The van der Waals surface area contributed by atoms with Gasteiger partial charge in [-0.1, -0.05) is 29.4 Å². The van der Waals surface area contributed by atoms with Crippen LogP contribution in [0.3, 0.4) is 0 Å². The van der Waals surface area contributed by atoms with Gasteiger partial charge in [0.2, 0.25) is 0 Å². The van der Waals surface area contributed by atoms with Gasteiger partial charge in [0.15, 0.2) is 11.6 Å². The summed E-state index contributed by atoms with van der Waals surface area (Å²) in [5.74, 6) is -1.89. The van der Waals surface area contributed by atoms with Crippen LogP contribution in [0.25, 0.3) is 0 Å². The lowest BCUT2D eigenvalue weighted by Gasteiger charge is -2.16. The minimum atomic E-state index is -1.87. The lowest BCUT2D eigenvalue weighted by atomic mass is 10.1. The normalized spacial score (nSPS) is 12.9. The topological polar surface area (TPSA) is 99.1 Å². The van der Waals surface area contributed by atoms with Crippen LogP contribution in [0.15, 0.2) is 29.4 Å². The van der Waals surface area contributed by atoms with Crippen LogP contribution in [0.5, 0.6) is 0 Å². The Labute approximate surface area is 81.1 Å². The highest BCUT2D eigenvalue weighted by Crippen LogP contribution is 2.17. The zero-order valence-electron chi connectivity index (χ0n) is 7.68. The van der Waals surface area contributed by atoms with Gasteiger partial charge in [0.05, 0.1) is 0 Å². The van der Waals surface area contributed by atoms with Gasteiger partial charge in [-0.3, -0.25) is 0 Å². The molecule has 0 aromatic heterocycles. The van der Waals surface area contributed by atoms with Crippen molar-refractivity contribution >= 4 is 5.84 Å². The molecule has 0 aliphatic heterocycles. The smallest absolute Gasteiger partial charge is 0.186 e. The van der Waals surface area contributed by atoms with Gasteiger partial charge in [-0.15, -0.1) is 0 Å². The van der Waals surface area contributed by atoms with Crippen molar-refractivity contribution in [2.75, 3.05) is 0 Å². The summed E-state index contributed by atoms with van der Waals surface area (Å²) in [5, 5.41) is 29.6. The number of nitrogens with zero attached hydrogens (tertiary/aromatic N) is 1. The van der Waals surface area contributed by atoms with Gasteiger partial charge in [0, 0.05) is 11.1 Å². The molecule has 0 unspecified atom stereocenters. The van der Waals surface area contributed by atoms with Gasteiger partial charge in [-0.25, -0.2) is 0 Å². The molecular weight excluding hydrogens is 184 g/mol. The Morgan fingerprint density at radius 2 is 1.79 bits per heavy atom. The molecule has 1 aromatic rings. The predicted octanol–water partition coefficient (Wildman–Crippen LogP) is -0.0616. The maximum absolute atomic E-state index is 9.22. The molecular formula is C9H12N2O3. The van der Waals surface area contributed by atoms with Crippen molar-refractivity contribution in [1.29, 1.82) is 0 Å². The molecule has 5 N–H and O–H groups in total. The zero-order valence-corrected chi connectivity index (χ0v) is 7.68. The van der Waals surface area contributed by atoms with Gasteiger partial charge in [0.1, 0.15) is 0 Å². The minimum Gasteiger partial charge on any atom is -0.409 e. The summed E-state index contributed by atoms with van der Waals surface area (Å²) >= 11 is 0. The monoisotopic (exact) mass is 196 g/mol. The molecule has 0 aliphatic carbocycles. The molecule has 0 aliphatic rings. The molecule has 5 nitrogen and oxygen atoms in total. The largest absolute Gasteiger partial charge is 0.409 e. The SMILES string of the molecule is CC(O)(O)c1ccc(/C(N)=N/O)cc1. The molecule has 1 rings (SSSR count). The minimum absolute atomic E-state index is 0.0193. The van der Waals surface area contributed by atoms with Crippen LogP contribution >= 0.6 is 0 Å². The van der Waals surface area contributed by atoms with Gasteiger partial charge in [0.25, 0.3) is 0 Å². The van der Waals surface area contributed by atoms with E-state index in [0.717, 1.165) is 0 Å². The molecule has 0 saturated heterocycles. The first-order chi connectivity index (χ1) is 6.45. The third-order valence-electron chi connectivity index (χ3n) is 1.84. The van der Waals surface area contributed by atoms with E-state index in [1.54, 1.807) is 0 Å². The van der Waals surface area contributed by atoms with Crippen molar-refractivity contribution < 1.29 is 15.4 Å². The van der Waals surface area contributed by atoms with E-state index in [2.05, 4.69) is 5.16 Å². The second-order valence-corrected chi connectivity index (χ2v) is 3.08. The summed E-state index contributed by atoms with van der Waals surface area (Å²) in [4.78, 5) is 0. The van der Waals surface area contributed by atoms with E-state index in [9.17, 15) is 10.2 Å². The number of hydrogen-bond acceptors (Lipinski definition) is 4. The fraction of sp³-hybridized carbons (Fsp3) is 0.222. The van der Waals surface area contributed by atoms with Gasteiger partial charge in [-0.2, -0.15) is 0 Å². The highest BCUT2D eigenvalue weighted by atomic mass is 16.5. The fourth-order valence-corrected chi connectivity index (χ4v) is 1.01. The van der Waals surface area contributed by atoms with E-state index in [1.165, 1.54) is 31.2 Å². The summed E-state index contributed by atoms with van der Waals surface area (Å²) in [7, 11) is 0.